The largest absolute Gasteiger partial charge is 0.390 e. The quantitative estimate of drug-likeness (QED) is 0.110. The Kier molecular flexibility index (Phi) is 12.7. The van der Waals surface area contributed by atoms with Crippen LogP contribution in [-0.2, 0) is 13.2 Å². The molecular weight excluding hydrogens is 783 g/mol. The van der Waals surface area contributed by atoms with Crippen LogP contribution in [0.4, 0.5) is 40.7 Å². The number of benzene rings is 1. The summed E-state index contributed by atoms with van der Waals surface area (Å²) < 4.78 is 0. The maximum atomic E-state index is 9.64. The lowest BCUT2D eigenvalue weighted by Gasteiger charge is -2.29. The van der Waals surface area contributed by atoms with Gasteiger partial charge in [-0.05, 0) is 55.7 Å². The van der Waals surface area contributed by atoms with E-state index in [1.807, 2.05) is 67.0 Å². The molecule has 3 saturated heterocycles. The summed E-state index contributed by atoms with van der Waals surface area (Å²) >= 11 is 0. The molecule has 0 aliphatic carbocycles. The van der Waals surface area contributed by atoms with Crippen molar-refractivity contribution in [2.24, 2.45) is 0 Å². The number of nitrogens with zero attached hydrogens (tertiary/aromatic N) is 11. The number of fused-ring (bicyclic) bond motifs is 2. The third-order valence-electron chi connectivity index (χ3n) is 11.2. The maximum Gasteiger partial charge on any atom is 0.229 e. The van der Waals surface area contributed by atoms with Gasteiger partial charge in [0.05, 0.1) is 54.1 Å². The van der Waals surface area contributed by atoms with E-state index in [9.17, 15) is 10.2 Å². The lowest BCUT2D eigenvalue weighted by Crippen LogP contribution is -2.43. The molecule has 3 aliphatic heterocycles. The van der Waals surface area contributed by atoms with E-state index >= 15 is 0 Å². The molecule has 0 bridgehead atoms. The predicted molar refractivity (Wildman–Crippen MR) is 243 cm³/mol. The van der Waals surface area contributed by atoms with Crippen molar-refractivity contribution in [3.8, 4) is 11.3 Å². The van der Waals surface area contributed by atoms with Crippen LogP contribution in [0, 0.1) is 0 Å². The third kappa shape index (κ3) is 9.61. The van der Waals surface area contributed by atoms with Gasteiger partial charge in [-0.15, -0.1) is 0 Å². The molecule has 0 spiro atoms. The highest BCUT2D eigenvalue weighted by Gasteiger charge is 2.19. The van der Waals surface area contributed by atoms with E-state index in [0.29, 0.717) is 34.9 Å². The summed E-state index contributed by atoms with van der Waals surface area (Å²) in [7, 11) is 0. The fourth-order valence-corrected chi connectivity index (χ4v) is 7.95. The summed E-state index contributed by atoms with van der Waals surface area (Å²) in [6.07, 6.45) is 10.8. The van der Waals surface area contributed by atoms with Crippen LogP contribution < -0.4 is 36.0 Å². The number of aromatic nitrogens is 8. The van der Waals surface area contributed by atoms with E-state index in [0.717, 1.165) is 129 Å². The lowest BCUT2D eigenvalue weighted by molar-refractivity contribution is 0.277. The van der Waals surface area contributed by atoms with Gasteiger partial charge in [0.15, 0.2) is 5.82 Å². The molecule has 6 N–H and O–H groups in total. The highest BCUT2D eigenvalue weighted by atomic mass is 16.3. The van der Waals surface area contributed by atoms with Crippen LogP contribution in [0.15, 0.2) is 91.5 Å². The van der Waals surface area contributed by atoms with Crippen LogP contribution in [-0.4, -0.2) is 116 Å². The van der Waals surface area contributed by atoms with Crippen LogP contribution >= 0.6 is 0 Å². The van der Waals surface area contributed by atoms with Gasteiger partial charge >= 0.3 is 0 Å². The Balaban J connectivity index is 0.000000158. The predicted octanol–water partition coefficient (Wildman–Crippen LogP) is 4.79. The van der Waals surface area contributed by atoms with E-state index in [1.165, 1.54) is 6.42 Å². The van der Waals surface area contributed by atoms with Crippen LogP contribution in [0.3, 0.4) is 0 Å². The number of piperazine rings is 2. The third-order valence-corrected chi connectivity index (χ3v) is 11.2. The number of pyridine rings is 4. The molecule has 318 valence electrons. The lowest BCUT2D eigenvalue weighted by atomic mass is 10.1. The summed E-state index contributed by atoms with van der Waals surface area (Å²) in [5, 5.41) is 34.1. The van der Waals surface area contributed by atoms with Crippen molar-refractivity contribution >= 4 is 62.5 Å². The Bertz CT molecular complexity index is 2560. The van der Waals surface area contributed by atoms with Gasteiger partial charge in [0, 0.05) is 94.2 Å². The Labute approximate surface area is 359 Å². The second-order valence-electron chi connectivity index (χ2n) is 15.4. The molecule has 10 rings (SSSR count). The van der Waals surface area contributed by atoms with E-state index in [-0.39, 0.29) is 13.2 Å². The van der Waals surface area contributed by atoms with Gasteiger partial charge in [-0.25, -0.2) is 39.9 Å². The molecule has 17 nitrogen and oxygen atoms in total. The van der Waals surface area contributed by atoms with Crippen LogP contribution in [0.1, 0.15) is 30.7 Å². The number of nitrogens with one attached hydrogen (secondary N) is 4. The average molecular weight is 834 g/mol. The molecular formula is C45H51N15O2. The van der Waals surface area contributed by atoms with Crippen LogP contribution in [0.25, 0.3) is 33.1 Å². The Morgan fingerprint density at radius 1 is 0.516 bits per heavy atom. The van der Waals surface area contributed by atoms with E-state index in [2.05, 4.69) is 78.0 Å². The first-order valence-electron chi connectivity index (χ1n) is 21.3. The highest BCUT2D eigenvalue weighted by Crippen LogP contribution is 2.30. The zero-order valence-electron chi connectivity index (χ0n) is 34.6. The normalized spacial score (nSPS) is 15.6. The molecule has 0 atom stereocenters. The standard InChI is InChI=1S/C23H23N7O.C22H28N8O/c31-15-18-12-17-13-26-23(29-22(17)21(27-18)16-4-2-1-3-5-16)28-20-7-6-19(14-25-20)30-10-8-24-9-11-30;31-15-17-12-16-13-25-22(28-20(16)21(26-17)30-8-2-1-3-9-30)27-19-5-4-18(14-24-19)29-10-6-23-7-11-29/h1-7,12-14,24,31H,8-11,15H2,(H,25,26,28,29);4-5,12-14,23,31H,1-3,6-11,15H2,(H,24,25,27,28). The molecule has 3 fully saturated rings. The first-order chi connectivity index (χ1) is 30.6. The molecule has 62 heavy (non-hydrogen) atoms. The van der Waals surface area contributed by atoms with Gasteiger partial charge < -0.3 is 46.2 Å². The maximum absolute atomic E-state index is 9.64. The minimum absolute atomic E-state index is 0.0971. The van der Waals surface area contributed by atoms with Crippen molar-refractivity contribution in [1.29, 1.82) is 0 Å². The molecule has 7 aromatic rings. The fraction of sp³-hybridized carbons (Fsp3) is 0.333. The number of hydrogen-bond acceptors (Lipinski definition) is 17. The molecule has 0 radical (unpaired) electrons. The van der Waals surface area contributed by atoms with Crippen molar-refractivity contribution in [2.75, 3.05) is 90.8 Å². The number of aliphatic hydroxyl groups excluding tert-OH is 2. The van der Waals surface area contributed by atoms with Gasteiger partial charge in [0.25, 0.3) is 0 Å². The number of piperidine rings is 1. The van der Waals surface area contributed by atoms with Crippen molar-refractivity contribution in [3.05, 3.63) is 103 Å². The Hall–Kier alpha value is -6.66. The molecule has 1 aromatic carbocycles. The van der Waals surface area contributed by atoms with Crippen molar-refractivity contribution in [2.45, 2.75) is 32.5 Å². The van der Waals surface area contributed by atoms with Crippen LogP contribution in [0.2, 0.25) is 0 Å². The summed E-state index contributed by atoms with van der Waals surface area (Å²) in [6, 6.07) is 21.5. The number of hydrogen-bond donors (Lipinski definition) is 6. The molecule has 0 amide bonds. The zero-order chi connectivity index (χ0) is 42.1. The van der Waals surface area contributed by atoms with E-state index < -0.39 is 0 Å². The van der Waals surface area contributed by atoms with Gasteiger partial charge in [0.1, 0.15) is 22.7 Å². The van der Waals surface area contributed by atoms with Gasteiger partial charge in [0.2, 0.25) is 11.9 Å². The smallest absolute Gasteiger partial charge is 0.229 e. The molecule has 6 aromatic heterocycles. The number of rotatable bonds is 10. The van der Waals surface area contributed by atoms with E-state index in [1.54, 1.807) is 12.4 Å². The van der Waals surface area contributed by atoms with Crippen LogP contribution in [0.5, 0.6) is 0 Å². The van der Waals surface area contributed by atoms with Gasteiger partial charge in [-0.3, -0.25) is 0 Å². The minimum atomic E-state index is -0.140. The van der Waals surface area contributed by atoms with Crippen molar-refractivity contribution in [1.82, 2.24) is 50.5 Å². The first-order valence-corrected chi connectivity index (χ1v) is 21.3. The highest BCUT2D eigenvalue weighted by molar-refractivity contribution is 5.92. The van der Waals surface area contributed by atoms with Gasteiger partial charge in [-0.2, -0.15) is 0 Å². The number of aliphatic hydroxyl groups is 2. The minimum Gasteiger partial charge on any atom is -0.390 e. The molecule has 17 heteroatoms. The fourth-order valence-electron chi connectivity index (χ4n) is 7.95. The molecule has 0 unspecified atom stereocenters. The molecule has 0 saturated carbocycles. The second-order valence-corrected chi connectivity index (χ2v) is 15.4. The Morgan fingerprint density at radius 3 is 1.58 bits per heavy atom. The molecule has 9 heterocycles. The molecule has 3 aliphatic rings. The van der Waals surface area contributed by atoms with Crippen molar-refractivity contribution in [3.63, 3.8) is 0 Å². The van der Waals surface area contributed by atoms with Crippen molar-refractivity contribution < 1.29 is 10.2 Å². The average Bonchev–Trinajstić information content (AvgIpc) is 3.35. The topological polar surface area (TPSA) is 201 Å². The van der Waals surface area contributed by atoms with E-state index in [4.69, 9.17) is 9.97 Å². The number of anilines is 7. The summed E-state index contributed by atoms with van der Waals surface area (Å²) in [4.78, 5) is 43.7. The summed E-state index contributed by atoms with van der Waals surface area (Å²) in [5.74, 6) is 3.16. The second kappa shape index (κ2) is 19.4. The zero-order valence-corrected chi connectivity index (χ0v) is 34.6. The SMILES string of the molecule is OCc1cc2cnc(Nc3ccc(N4CCNCC4)cn3)nc2c(-c2ccccc2)n1.OCc1cc2cnc(Nc3ccc(N4CCNCC4)cn3)nc2c(N2CCCCC2)n1. The summed E-state index contributed by atoms with van der Waals surface area (Å²) in [6.45, 7) is 9.58. The summed E-state index contributed by atoms with van der Waals surface area (Å²) in [5.41, 5.74) is 6.63. The Morgan fingerprint density at radius 2 is 1.05 bits per heavy atom. The monoisotopic (exact) mass is 833 g/mol. The first kappa shape index (κ1) is 40.7. The van der Waals surface area contributed by atoms with Gasteiger partial charge in [-0.1, -0.05) is 30.3 Å².